The first-order valence-corrected chi connectivity index (χ1v) is 27.7. The van der Waals surface area contributed by atoms with Crippen molar-refractivity contribution in [3.8, 4) is 22.3 Å². The Balaban J connectivity index is 0.000000167. The van der Waals surface area contributed by atoms with Crippen molar-refractivity contribution >= 4 is 45.3 Å². The van der Waals surface area contributed by atoms with Gasteiger partial charge in [0.15, 0.2) is 0 Å². The number of rotatable bonds is 18. The molecule has 3 aromatic carbocycles. The Morgan fingerprint density at radius 1 is 0.556 bits per heavy atom. The van der Waals surface area contributed by atoms with Gasteiger partial charge in [-0.15, -0.1) is 0 Å². The molecule has 0 bridgehead atoms. The predicted octanol–water partition coefficient (Wildman–Crippen LogP) is 13.0. The number of benzene rings is 3. The van der Waals surface area contributed by atoms with Crippen LogP contribution in [-0.2, 0) is 6.42 Å². The average Bonchev–Trinajstić information content (AvgIpc) is 4.06. The summed E-state index contributed by atoms with van der Waals surface area (Å²) in [5.74, 6) is 3.12. The minimum Gasteiger partial charge on any atom is -0.393 e. The van der Waals surface area contributed by atoms with E-state index in [1.165, 1.54) is 81.3 Å². The molecule has 1 saturated heterocycles. The lowest BCUT2D eigenvalue weighted by molar-refractivity contribution is 0.111. The molecule has 0 spiro atoms. The van der Waals surface area contributed by atoms with Crippen LogP contribution >= 0.6 is 0 Å². The molecule has 0 atom stereocenters. The van der Waals surface area contributed by atoms with Crippen LogP contribution in [0.4, 0.5) is 23.3 Å². The topological polar surface area (TPSA) is 141 Å². The summed E-state index contributed by atoms with van der Waals surface area (Å²) in [7, 11) is 0. The fourth-order valence-electron chi connectivity index (χ4n) is 11.4. The van der Waals surface area contributed by atoms with Gasteiger partial charge in [-0.05, 0) is 162 Å². The van der Waals surface area contributed by atoms with E-state index in [2.05, 4.69) is 122 Å². The molecule has 72 heavy (non-hydrogen) atoms. The third kappa shape index (κ3) is 12.5. The molecule has 12 nitrogen and oxygen atoms in total. The highest BCUT2D eigenvalue weighted by molar-refractivity contribution is 5.95. The van der Waals surface area contributed by atoms with E-state index in [-0.39, 0.29) is 12.2 Å². The quantitative estimate of drug-likeness (QED) is 0.0528. The van der Waals surface area contributed by atoms with Gasteiger partial charge in [0, 0.05) is 83.2 Å². The van der Waals surface area contributed by atoms with Gasteiger partial charge in [0.2, 0.25) is 11.9 Å². The van der Waals surface area contributed by atoms with Crippen LogP contribution in [0.3, 0.4) is 0 Å². The highest BCUT2D eigenvalue weighted by Gasteiger charge is 2.27. The number of fused-ring (bicyclic) bond motifs is 2. The van der Waals surface area contributed by atoms with Gasteiger partial charge in [-0.3, -0.25) is 0 Å². The highest BCUT2D eigenvalue weighted by Crippen LogP contribution is 2.39. The van der Waals surface area contributed by atoms with Gasteiger partial charge in [0.1, 0.15) is 11.3 Å². The number of likely N-dealkylation sites (tertiary alicyclic amines) is 1. The lowest BCUT2D eigenvalue weighted by atomic mass is 9.89. The number of hydrogen-bond donors (Lipinski definition) is 5. The van der Waals surface area contributed by atoms with Crippen LogP contribution in [0.25, 0.3) is 44.3 Å². The first-order valence-electron chi connectivity index (χ1n) is 27.7. The highest BCUT2D eigenvalue weighted by atomic mass is 16.3. The number of piperidine rings is 1. The van der Waals surface area contributed by atoms with Crippen LogP contribution in [0.15, 0.2) is 104 Å². The molecule has 0 unspecified atom stereocenters. The Kier molecular flexibility index (Phi) is 16.5. The van der Waals surface area contributed by atoms with Gasteiger partial charge in [-0.1, -0.05) is 87.7 Å². The summed E-state index contributed by atoms with van der Waals surface area (Å²) >= 11 is 0. The first-order chi connectivity index (χ1) is 35.4. The molecule has 0 radical (unpaired) electrons. The van der Waals surface area contributed by atoms with Crippen LogP contribution in [0.5, 0.6) is 0 Å². The van der Waals surface area contributed by atoms with Crippen LogP contribution in [0, 0.1) is 11.8 Å². The molecule has 380 valence electrons. The molecule has 3 saturated carbocycles. The number of nitrogens with zero attached hydrogens (tertiary/aromatic N) is 7. The van der Waals surface area contributed by atoms with Gasteiger partial charge in [0.25, 0.3) is 0 Å². The average molecular weight is 971 g/mol. The van der Waals surface area contributed by atoms with E-state index >= 15 is 0 Å². The molecule has 1 aliphatic heterocycles. The van der Waals surface area contributed by atoms with E-state index in [1.54, 1.807) is 0 Å². The lowest BCUT2D eigenvalue weighted by Crippen LogP contribution is -2.34. The summed E-state index contributed by atoms with van der Waals surface area (Å²) in [6, 6.07) is 28.7. The minimum atomic E-state index is -0.178. The summed E-state index contributed by atoms with van der Waals surface area (Å²) in [5, 5.41) is 32.6. The van der Waals surface area contributed by atoms with Crippen molar-refractivity contribution in [3.05, 3.63) is 109 Å². The van der Waals surface area contributed by atoms with Crippen LogP contribution in [-0.4, -0.2) is 89.1 Å². The second kappa shape index (κ2) is 23.8. The number of aliphatic hydroxyl groups is 2. The van der Waals surface area contributed by atoms with E-state index in [9.17, 15) is 10.2 Å². The SMILES string of the molecule is CCCCNc1ncc2c(-c3ccc(Nc4ccccc4)cc3)cn(C3CCC(O)CC3)c2n1.CCCN1CCC(Cc2ccc(-c3cn(C4CCC(O)CC4)c4nc(NCCC5CC5)ncc34)cc2)CC1. The van der Waals surface area contributed by atoms with Crippen molar-refractivity contribution in [2.75, 3.05) is 48.7 Å². The summed E-state index contributed by atoms with van der Waals surface area (Å²) in [5.41, 5.74) is 10.3. The number of aliphatic hydroxyl groups excluding tert-OH is 2. The second-order valence-electron chi connectivity index (χ2n) is 21.4. The Morgan fingerprint density at radius 3 is 1.61 bits per heavy atom. The van der Waals surface area contributed by atoms with Crippen molar-refractivity contribution in [3.63, 3.8) is 0 Å². The fourth-order valence-corrected chi connectivity index (χ4v) is 11.4. The summed E-state index contributed by atoms with van der Waals surface area (Å²) < 4.78 is 4.70. The van der Waals surface area contributed by atoms with Crippen molar-refractivity contribution in [1.82, 2.24) is 34.0 Å². The molecule has 12 heteroatoms. The van der Waals surface area contributed by atoms with Gasteiger partial charge in [-0.25, -0.2) is 9.97 Å². The lowest BCUT2D eigenvalue weighted by Gasteiger charge is -2.31. The van der Waals surface area contributed by atoms with Crippen LogP contribution < -0.4 is 16.0 Å². The van der Waals surface area contributed by atoms with Crippen molar-refractivity contribution in [2.24, 2.45) is 11.8 Å². The smallest absolute Gasteiger partial charge is 0.224 e. The van der Waals surface area contributed by atoms with Gasteiger partial charge < -0.3 is 40.2 Å². The minimum absolute atomic E-state index is 0.159. The second-order valence-corrected chi connectivity index (χ2v) is 21.4. The zero-order valence-electron chi connectivity index (χ0n) is 42.9. The molecular formula is C60H78N10O2. The summed E-state index contributed by atoms with van der Waals surface area (Å²) in [4.78, 5) is 21.9. The van der Waals surface area contributed by atoms with E-state index in [1.807, 2.05) is 30.6 Å². The number of anilines is 4. The molecule has 4 aromatic heterocycles. The maximum absolute atomic E-state index is 10.1. The van der Waals surface area contributed by atoms with E-state index in [0.717, 1.165) is 140 Å². The first kappa shape index (κ1) is 49.7. The molecule has 5 N–H and O–H groups in total. The van der Waals surface area contributed by atoms with E-state index in [0.29, 0.717) is 18.0 Å². The molecule has 0 amide bonds. The van der Waals surface area contributed by atoms with Crippen molar-refractivity contribution in [2.45, 2.75) is 147 Å². The summed E-state index contributed by atoms with van der Waals surface area (Å²) in [6.07, 6.45) is 26.8. The van der Waals surface area contributed by atoms with Gasteiger partial charge >= 0.3 is 0 Å². The Hall–Kier alpha value is -5.82. The zero-order valence-corrected chi connectivity index (χ0v) is 42.9. The molecule has 4 aliphatic rings. The molecule has 7 aromatic rings. The third-order valence-electron chi connectivity index (χ3n) is 15.9. The number of unbranched alkanes of at least 4 members (excludes halogenated alkanes) is 1. The van der Waals surface area contributed by atoms with E-state index in [4.69, 9.17) is 15.0 Å². The van der Waals surface area contributed by atoms with Gasteiger partial charge in [0.05, 0.1) is 12.2 Å². The van der Waals surface area contributed by atoms with Crippen molar-refractivity contribution in [1.29, 1.82) is 0 Å². The maximum atomic E-state index is 10.1. The number of aromatic nitrogens is 6. The van der Waals surface area contributed by atoms with Gasteiger partial charge in [-0.2, -0.15) is 9.97 Å². The predicted molar refractivity (Wildman–Crippen MR) is 295 cm³/mol. The normalized spacial score (nSPS) is 20.8. The summed E-state index contributed by atoms with van der Waals surface area (Å²) in [6.45, 7) is 10.0. The monoisotopic (exact) mass is 971 g/mol. The third-order valence-corrected chi connectivity index (χ3v) is 15.9. The molecule has 4 fully saturated rings. The van der Waals surface area contributed by atoms with Crippen LogP contribution in [0.2, 0.25) is 0 Å². The Labute approximate surface area is 427 Å². The van der Waals surface area contributed by atoms with Crippen molar-refractivity contribution < 1.29 is 10.2 Å². The molecular weight excluding hydrogens is 893 g/mol. The number of nitrogens with one attached hydrogen (secondary N) is 3. The van der Waals surface area contributed by atoms with Crippen LogP contribution in [0.1, 0.15) is 134 Å². The standard InChI is InChI=1S/C32H45N5O.C28H33N5O/c1-2-17-36-18-14-25(15-19-36)20-24-5-7-26(8-6-24)30-22-37(27-9-11-28(38)12-10-27)31-29(30)21-34-32(35-31)33-16-13-23-3-4-23;1-2-3-17-29-28-30-18-25-26(19-33(27(25)32-28)23-13-15-24(34)16-14-23)20-9-11-22(12-10-20)31-21-7-5-4-6-8-21/h5-8,21-23,25,27-28,38H,2-4,9-20H2,1H3,(H,33,34,35);4-12,18-19,23-24,31,34H,2-3,13-17H2,1H3,(H,29,30,32). The number of hydrogen-bond acceptors (Lipinski definition) is 10. The number of para-hydroxylation sites is 1. The molecule has 3 aliphatic carbocycles. The Bertz CT molecular complexity index is 2780. The molecule has 11 rings (SSSR count). The molecule has 5 heterocycles. The zero-order chi connectivity index (χ0) is 49.2. The Morgan fingerprint density at radius 2 is 1.08 bits per heavy atom. The fraction of sp³-hybridized carbons (Fsp3) is 0.500. The maximum Gasteiger partial charge on any atom is 0.224 e. The largest absolute Gasteiger partial charge is 0.393 e. The van der Waals surface area contributed by atoms with E-state index < -0.39 is 0 Å².